The molecule has 1 amide bonds. The van der Waals surface area contributed by atoms with Crippen molar-refractivity contribution in [3.8, 4) is 0 Å². The Bertz CT molecular complexity index is 1020. The largest absolute Gasteiger partial charge is 0.349 e. The summed E-state index contributed by atoms with van der Waals surface area (Å²) in [6.45, 7) is 1.38. The number of piperidine rings is 1. The van der Waals surface area contributed by atoms with E-state index in [1.54, 1.807) is 42.7 Å². The summed E-state index contributed by atoms with van der Waals surface area (Å²) < 4.78 is 27.5. The fourth-order valence-corrected chi connectivity index (χ4v) is 3.96. The van der Waals surface area contributed by atoms with Crippen LogP contribution in [0.4, 0.5) is 14.7 Å². The Morgan fingerprint density at radius 1 is 1.00 bits per heavy atom. The number of hydrogen-bond acceptors (Lipinski definition) is 4. The Hall–Kier alpha value is -3.35. The minimum atomic E-state index is -0.444. The number of hydrogen-bond donors (Lipinski definition) is 1. The van der Waals surface area contributed by atoms with Crippen LogP contribution in [0.25, 0.3) is 0 Å². The van der Waals surface area contributed by atoms with Gasteiger partial charge in [-0.25, -0.2) is 18.7 Å². The van der Waals surface area contributed by atoms with Crippen molar-refractivity contribution >= 4 is 11.9 Å². The van der Waals surface area contributed by atoms with Gasteiger partial charge in [0, 0.05) is 31.4 Å². The molecule has 1 unspecified atom stereocenters. The molecule has 2 heterocycles. The summed E-state index contributed by atoms with van der Waals surface area (Å²) >= 11 is 0. The number of aromatic nitrogens is 2. The van der Waals surface area contributed by atoms with Crippen LogP contribution < -0.4 is 10.2 Å². The first-order valence-electron chi connectivity index (χ1n) is 10.4. The van der Waals surface area contributed by atoms with Crippen LogP contribution >= 0.6 is 0 Å². The Morgan fingerprint density at radius 3 is 2.35 bits per heavy atom. The molecule has 3 aromatic rings. The van der Waals surface area contributed by atoms with E-state index in [-0.39, 0.29) is 23.5 Å². The first kappa shape index (κ1) is 20.9. The third-order valence-corrected chi connectivity index (χ3v) is 5.60. The number of nitrogens with one attached hydrogen (secondary N) is 1. The third-order valence-electron chi connectivity index (χ3n) is 5.60. The zero-order chi connectivity index (χ0) is 21.6. The van der Waals surface area contributed by atoms with Gasteiger partial charge in [0.05, 0.1) is 6.04 Å². The summed E-state index contributed by atoms with van der Waals surface area (Å²) in [7, 11) is 0. The van der Waals surface area contributed by atoms with E-state index in [0.29, 0.717) is 43.9 Å². The monoisotopic (exact) mass is 422 g/mol. The zero-order valence-corrected chi connectivity index (χ0v) is 17.0. The van der Waals surface area contributed by atoms with E-state index in [0.717, 1.165) is 5.56 Å². The lowest BCUT2D eigenvalue weighted by molar-refractivity contribution is -0.126. The van der Waals surface area contributed by atoms with Crippen molar-refractivity contribution in [1.29, 1.82) is 0 Å². The Kier molecular flexibility index (Phi) is 6.50. The topological polar surface area (TPSA) is 58.1 Å². The number of benzene rings is 2. The molecule has 2 aromatic carbocycles. The van der Waals surface area contributed by atoms with Gasteiger partial charge in [-0.15, -0.1) is 0 Å². The van der Waals surface area contributed by atoms with Gasteiger partial charge in [0.15, 0.2) is 0 Å². The van der Waals surface area contributed by atoms with Crippen molar-refractivity contribution in [2.45, 2.75) is 25.3 Å². The average Bonchev–Trinajstić information content (AvgIpc) is 2.79. The number of amides is 1. The maximum Gasteiger partial charge on any atom is 0.225 e. The number of carbonyl (C=O) groups is 1. The molecule has 7 heteroatoms. The highest BCUT2D eigenvalue weighted by molar-refractivity contribution is 5.79. The third kappa shape index (κ3) is 5.42. The van der Waals surface area contributed by atoms with Crippen molar-refractivity contribution in [2.24, 2.45) is 5.92 Å². The predicted octanol–water partition coefficient (Wildman–Crippen LogP) is 4.07. The zero-order valence-electron chi connectivity index (χ0n) is 17.0. The van der Waals surface area contributed by atoms with E-state index < -0.39 is 6.04 Å². The van der Waals surface area contributed by atoms with Crippen LogP contribution in [0.1, 0.15) is 30.0 Å². The Labute approximate surface area is 180 Å². The fourth-order valence-electron chi connectivity index (χ4n) is 3.96. The van der Waals surface area contributed by atoms with Crippen molar-refractivity contribution in [1.82, 2.24) is 15.3 Å². The average molecular weight is 422 g/mol. The van der Waals surface area contributed by atoms with Crippen LogP contribution in [0.5, 0.6) is 0 Å². The second-order valence-electron chi connectivity index (χ2n) is 7.76. The molecule has 4 rings (SSSR count). The van der Waals surface area contributed by atoms with Gasteiger partial charge < -0.3 is 10.2 Å². The maximum absolute atomic E-state index is 13.8. The molecule has 1 atom stereocenters. The van der Waals surface area contributed by atoms with Crippen molar-refractivity contribution in [3.05, 3.63) is 89.8 Å². The van der Waals surface area contributed by atoms with E-state index >= 15 is 0 Å². The summed E-state index contributed by atoms with van der Waals surface area (Å²) in [5, 5.41) is 3.07. The summed E-state index contributed by atoms with van der Waals surface area (Å²) in [5.74, 6) is -0.252. The summed E-state index contributed by atoms with van der Waals surface area (Å²) in [5.41, 5.74) is 1.40. The number of anilines is 1. The number of nitrogens with zero attached hydrogens (tertiary/aromatic N) is 3. The lowest BCUT2D eigenvalue weighted by Crippen LogP contribution is -2.42. The second-order valence-corrected chi connectivity index (χ2v) is 7.76. The first-order chi connectivity index (χ1) is 15.1. The van der Waals surface area contributed by atoms with Crippen molar-refractivity contribution in [3.63, 3.8) is 0 Å². The van der Waals surface area contributed by atoms with E-state index in [1.807, 2.05) is 0 Å². The van der Waals surface area contributed by atoms with Crippen LogP contribution in [0.15, 0.2) is 67.0 Å². The van der Waals surface area contributed by atoms with Crippen LogP contribution in [-0.4, -0.2) is 29.0 Å². The van der Waals surface area contributed by atoms with E-state index in [9.17, 15) is 13.6 Å². The standard InChI is InChI=1S/C24H24F2N4O/c25-20-6-1-4-17(14-20)15-22(19-5-2-7-21(26)16-19)29-23(31)18-8-12-30(13-9-18)24-27-10-3-11-28-24/h1-7,10-11,14,16,18,22H,8-9,12-13,15H2,(H,29,31). The van der Waals surface area contributed by atoms with Gasteiger partial charge in [-0.1, -0.05) is 24.3 Å². The van der Waals surface area contributed by atoms with Gasteiger partial charge in [0.1, 0.15) is 11.6 Å². The molecule has 1 aromatic heterocycles. The second kappa shape index (κ2) is 9.64. The Balaban J connectivity index is 1.44. The predicted molar refractivity (Wildman–Crippen MR) is 114 cm³/mol. The van der Waals surface area contributed by atoms with Gasteiger partial charge in [-0.2, -0.15) is 0 Å². The minimum Gasteiger partial charge on any atom is -0.349 e. The molecule has 1 N–H and O–H groups in total. The molecule has 31 heavy (non-hydrogen) atoms. The molecule has 0 saturated carbocycles. The van der Waals surface area contributed by atoms with E-state index in [4.69, 9.17) is 0 Å². The fraction of sp³-hybridized carbons (Fsp3) is 0.292. The maximum atomic E-state index is 13.8. The summed E-state index contributed by atoms with van der Waals surface area (Å²) in [6, 6.07) is 13.8. The molecule has 1 fully saturated rings. The molecular formula is C24H24F2N4O. The van der Waals surface area contributed by atoms with Gasteiger partial charge in [0.2, 0.25) is 11.9 Å². The SMILES string of the molecule is O=C(NC(Cc1cccc(F)c1)c1cccc(F)c1)C1CCN(c2ncccn2)CC1. The highest BCUT2D eigenvalue weighted by Gasteiger charge is 2.28. The molecular weight excluding hydrogens is 398 g/mol. The molecule has 0 aliphatic carbocycles. The number of rotatable bonds is 6. The highest BCUT2D eigenvalue weighted by atomic mass is 19.1. The van der Waals surface area contributed by atoms with E-state index in [1.165, 1.54) is 24.3 Å². The lowest BCUT2D eigenvalue weighted by Gasteiger charge is -2.32. The molecule has 1 aliphatic heterocycles. The summed E-state index contributed by atoms with van der Waals surface area (Å²) in [6.07, 6.45) is 5.15. The molecule has 0 radical (unpaired) electrons. The smallest absolute Gasteiger partial charge is 0.225 e. The van der Waals surface area contributed by atoms with Gasteiger partial charge >= 0.3 is 0 Å². The molecule has 0 bridgehead atoms. The molecule has 0 spiro atoms. The van der Waals surface area contributed by atoms with Crippen LogP contribution in [0, 0.1) is 17.6 Å². The number of carbonyl (C=O) groups excluding carboxylic acids is 1. The lowest BCUT2D eigenvalue weighted by atomic mass is 9.93. The highest BCUT2D eigenvalue weighted by Crippen LogP contribution is 2.24. The summed E-state index contributed by atoms with van der Waals surface area (Å²) in [4.78, 5) is 23.6. The molecule has 160 valence electrons. The quantitative estimate of drug-likeness (QED) is 0.651. The van der Waals surface area contributed by atoms with Crippen LogP contribution in [0.3, 0.4) is 0 Å². The molecule has 1 aliphatic rings. The van der Waals surface area contributed by atoms with Crippen LogP contribution in [-0.2, 0) is 11.2 Å². The van der Waals surface area contributed by atoms with Crippen molar-refractivity contribution in [2.75, 3.05) is 18.0 Å². The Morgan fingerprint density at radius 2 is 1.68 bits per heavy atom. The first-order valence-corrected chi connectivity index (χ1v) is 10.4. The van der Waals surface area contributed by atoms with E-state index in [2.05, 4.69) is 20.2 Å². The minimum absolute atomic E-state index is 0.0701. The molecule has 5 nitrogen and oxygen atoms in total. The van der Waals surface area contributed by atoms with Gasteiger partial charge in [-0.3, -0.25) is 4.79 Å². The van der Waals surface area contributed by atoms with Gasteiger partial charge in [0.25, 0.3) is 0 Å². The van der Waals surface area contributed by atoms with Crippen LogP contribution in [0.2, 0.25) is 0 Å². The van der Waals surface area contributed by atoms with Gasteiger partial charge in [-0.05, 0) is 60.7 Å². The molecule has 1 saturated heterocycles. The number of halogens is 2. The normalized spacial score (nSPS) is 15.5. The van der Waals surface area contributed by atoms with Crippen molar-refractivity contribution < 1.29 is 13.6 Å².